The van der Waals surface area contributed by atoms with Crippen molar-refractivity contribution in [1.29, 1.82) is 0 Å². The summed E-state index contributed by atoms with van der Waals surface area (Å²) in [5.41, 5.74) is 1.18. The molecular formula is C10H16F3N. The van der Waals surface area contributed by atoms with Gasteiger partial charge in [0.25, 0.3) is 0 Å². The molecule has 1 nitrogen and oxygen atoms in total. The van der Waals surface area contributed by atoms with Crippen LogP contribution in [0, 0.1) is 0 Å². The van der Waals surface area contributed by atoms with E-state index in [1.54, 1.807) is 6.08 Å². The molecule has 1 saturated heterocycles. The number of rotatable bonds is 2. The molecule has 0 atom stereocenters. The first-order valence-corrected chi connectivity index (χ1v) is 5.03. The van der Waals surface area contributed by atoms with E-state index in [-0.39, 0.29) is 6.42 Å². The Labute approximate surface area is 82.4 Å². The molecular weight excluding hydrogens is 191 g/mol. The van der Waals surface area contributed by atoms with Crippen LogP contribution in [0.15, 0.2) is 11.6 Å². The van der Waals surface area contributed by atoms with Gasteiger partial charge in [-0.15, -0.1) is 0 Å². The highest BCUT2D eigenvalue weighted by molar-refractivity contribution is 5.03. The van der Waals surface area contributed by atoms with E-state index in [9.17, 15) is 13.2 Å². The lowest BCUT2D eigenvalue weighted by atomic mass is 10.1. The quantitative estimate of drug-likeness (QED) is 0.686. The Morgan fingerprint density at radius 1 is 1.21 bits per heavy atom. The van der Waals surface area contributed by atoms with Crippen molar-refractivity contribution in [2.24, 2.45) is 0 Å². The fraction of sp³-hybridized carbons (Fsp3) is 0.800. The Morgan fingerprint density at radius 2 is 2.00 bits per heavy atom. The largest absolute Gasteiger partial charge is 0.389 e. The highest BCUT2D eigenvalue weighted by Crippen LogP contribution is 2.23. The maximum Gasteiger partial charge on any atom is 0.389 e. The molecule has 0 aliphatic carbocycles. The molecule has 1 aliphatic heterocycles. The average molecular weight is 207 g/mol. The van der Waals surface area contributed by atoms with E-state index in [4.69, 9.17) is 0 Å². The fourth-order valence-corrected chi connectivity index (χ4v) is 1.58. The molecule has 0 aromatic heterocycles. The van der Waals surface area contributed by atoms with E-state index < -0.39 is 12.6 Å². The standard InChI is InChI=1S/C10H16F3N/c11-10(12,13)6-1-3-9-4-2-7-14-8-5-9/h3,14H,1-2,4-8H2/b9-3-. The van der Waals surface area contributed by atoms with E-state index in [0.717, 1.165) is 32.4 Å². The number of allylic oxidation sites excluding steroid dienone is 1. The molecule has 0 aromatic rings. The Balaban J connectivity index is 2.28. The molecule has 4 heteroatoms. The Bertz CT molecular complexity index is 186. The second-order valence-electron chi connectivity index (χ2n) is 3.62. The van der Waals surface area contributed by atoms with E-state index in [2.05, 4.69) is 5.32 Å². The van der Waals surface area contributed by atoms with E-state index >= 15 is 0 Å². The summed E-state index contributed by atoms with van der Waals surface area (Å²) in [5, 5.41) is 3.22. The maximum absolute atomic E-state index is 11.8. The number of halogens is 3. The summed E-state index contributed by atoms with van der Waals surface area (Å²) in [6, 6.07) is 0. The predicted octanol–water partition coefficient (Wildman–Crippen LogP) is 3.03. The van der Waals surface area contributed by atoms with E-state index in [1.807, 2.05) is 0 Å². The first-order valence-electron chi connectivity index (χ1n) is 5.03. The van der Waals surface area contributed by atoms with Gasteiger partial charge in [0.2, 0.25) is 0 Å². The summed E-state index contributed by atoms with van der Waals surface area (Å²) in [4.78, 5) is 0. The van der Waals surface area contributed by atoms with Crippen molar-refractivity contribution < 1.29 is 13.2 Å². The average Bonchev–Trinajstić information content (AvgIpc) is 2.30. The molecule has 1 heterocycles. The predicted molar refractivity (Wildman–Crippen MR) is 50.1 cm³/mol. The van der Waals surface area contributed by atoms with Crippen LogP contribution < -0.4 is 5.32 Å². The molecule has 0 bridgehead atoms. The zero-order valence-corrected chi connectivity index (χ0v) is 8.16. The Kier molecular flexibility index (Phi) is 4.45. The topological polar surface area (TPSA) is 12.0 Å². The molecule has 0 amide bonds. The normalized spacial score (nSPS) is 22.4. The minimum absolute atomic E-state index is 0.138. The molecule has 82 valence electrons. The van der Waals surface area contributed by atoms with Crippen molar-refractivity contribution in [1.82, 2.24) is 5.32 Å². The smallest absolute Gasteiger partial charge is 0.316 e. The van der Waals surface area contributed by atoms with Gasteiger partial charge in [-0.3, -0.25) is 0 Å². The van der Waals surface area contributed by atoms with Gasteiger partial charge in [-0.25, -0.2) is 0 Å². The summed E-state index contributed by atoms with van der Waals surface area (Å²) < 4.78 is 35.5. The fourth-order valence-electron chi connectivity index (χ4n) is 1.58. The second kappa shape index (κ2) is 5.39. The molecule has 1 N–H and O–H groups in total. The van der Waals surface area contributed by atoms with Crippen LogP contribution in [-0.4, -0.2) is 19.3 Å². The van der Waals surface area contributed by atoms with Crippen LogP contribution >= 0.6 is 0 Å². The SMILES string of the molecule is FC(F)(F)CC/C=C1/CCCNCC1. The highest BCUT2D eigenvalue weighted by atomic mass is 19.4. The molecule has 0 spiro atoms. The Hall–Kier alpha value is -0.510. The summed E-state index contributed by atoms with van der Waals surface area (Å²) in [6.45, 7) is 1.88. The van der Waals surface area contributed by atoms with Crippen molar-refractivity contribution in [3.05, 3.63) is 11.6 Å². The highest BCUT2D eigenvalue weighted by Gasteiger charge is 2.25. The van der Waals surface area contributed by atoms with Gasteiger partial charge in [-0.1, -0.05) is 11.6 Å². The zero-order chi connectivity index (χ0) is 10.4. The van der Waals surface area contributed by atoms with Crippen molar-refractivity contribution in [3.63, 3.8) is 0 Å². The molecule has 0 radical (unpaired) electrons. The van der Waals surface area contributed by atoms with Crippen LogP contribution in [-0.2, 0) is 0 Å². The van der Waals surface area contributed by atoms with Gasteiger partial charge < -0.3 is 5.32 Å². The van der Waals surface area contributed by atoms with Gasteiger partial charge in [0.05, 0.1) is 0 Å². The number of hydrogen-bond acceptors (Lipinski definition) is 1. The van der Waals surface area contributed by atoms with Crippen molar-refractivity contribution in [2.45, 2.75) is 38.3 Å². The summed E-state index contributed by atoms with van der Waals surface area (Å²) in [5.74, 6) is 0. The molecule has 0 aromatic carbocycles. The maximum atomic E-state index is 11.8. The molecule has 1 rings (SSSR count). The monoisotopic (exact) mass is 207 g/mol. The summed E-state index contributed by atoms with van der Waals surface area (Å²) in [6.07, 6.45) is 0.0872. The lowest BCUT2D eigenvalue weighted by Crippen LogP contribution is -2.13. The zero-order valence-electron chi connectivity index (χ0n) is 8.16. The van der Waals surface area contributed by atoms with E-state index in [0.29, 0.717) is 0 Å². The van der Waals surface area contributed by atoms with Gasteiger partial charge in [0, 0.05) is 6.42 Å². The van der Waals surface area contributed by atoms with Gasteiger partial charge >= 0.3 is 6.18 Å². The van der Waals surface area contributed by atoms with Crippen molar-refractivity contribution >= 4 is 0 Å². The van der Waals surface area contributed by atoms with Crippen LogP contribution in [0.4, 0.5) is 13.2 Å². The van der Waals surface area contributed by atoms with Gasteiger partial charge in [-0.2, -0.15) is 13.2 Å². The van der Waals surface area contributed by atoms with E-state index in [1.165, 1.54) is 5.57 Å². The molecule has 14 heavy (non-hydrogen) atoms. The number of alkyl halides is 3. The number of nitrogens with one attached hydrogen (secondary N) is 1. The second-order valence-corrected chi connectivity index (χ2v) is 3.62. The van der Waals surface area contributed by atoms with Crippen molar-refractivity contribution in [2.75, 3.05) is 13.1 Å². The summed E-state index contributed by atoms with van der Waals surface area (Å²) >= 11 is 0. The first kappa shape index (κ1) is 11.6. The van der Waals surface area contributed by atoms with Gasteiger partial charge in [0.1, 0.15) is 0 Å². The minimum atomic E-state index is -4.01. The lowest BCUT2D eigenvalue weighted by molar-refractivity contribution is -0.133. The van der Waals surface area contributed by atoms with Gasteiger partial charge in [-0.05, 0) is 38.8 Å². The minimum Gasteiger partial charge on any atom is -0.316 e. The van der Waals surface area contributed by atoms with Crippen LogP contribution in [0.2, 0.25) is 0 Å². The lowest BCUT2D eigenvalue weighted by Gasteiger charge is -2.05. The van der Waals surface area contributed by atoms with Crippen LogP contribution in [0.25, 0.3) is 0 Å². The Morgan fingerprint density at radius 3 is 2.71 bits per heavy atom. The van der Waals surface area contributed by atoms with Crippen LogP contribution in [0.3, 0.4) is 0 Å². The van der Waals surface area contributed by atoms with Crippen molar-refractivity contribution in [3.8, 4) is 0 Å². The molecule has 0 unspecified atom stereocenters. The van der Waals surface area contributed by atoms with Crippen LogP contribution in [0.5, 0.6) is 0 Å². The third kappa shape index (κ3) is 5.27. The third-order valence-electron chi connectivity index (χ3n) is 2.34. The summed E-state index contributed by atoms with van der Waals surface area (Å²) in [7, 11) is 0. The first-order chi connectivity index (χ1) is 6.58. The molecule has 1 aliphatic rings. The number of hydrogen-bond donors (Lipinski definition) is 1. The third-order valence-corrected chi connectivity index (χ3v) is 2.34. The van der Waals surface area contributed by atoms with Crippen LogP contribution in [0.1, 0.15) is 32.1 Å². The molecule has 0 saturated carbocycles. The molecule has 1 fully saturated rings. The van der Waals surface area contributed by atoms with Gasteiger partial charge in [0.15, 0.2) is 0 Å².